The highest BCUT2D eigenvalue weighted by Gasteiger charge is 2.41. The van der Waals surface area contributed by atoms with Crippen molar-refractivity contribution >= 4 is 21.6 Å². The van der Waals surface area contributed by atoms with Crippen molar-refractivity contribution in [3.05, 3.63) is 82.6 Å². The van der Waals surface area contributed by atoms with Crippen LogP contribution in [0.1, 0.15) is 24.1 Å². The molecule has 0 saturated carbocycles. The van der Waals surface area contributed by atoms with Crippen molar-refractivity contribution in [2.45, 2.75) is 30.9 Å². The zero-order chi connectivity index (χ0) is 19.8. The van der Waals surface area contributed by atoms with Crippen LogP contribution in [0.15, 0.2) is 71.3 Å². The third-order valence-electron chi connectivity index (χ3n) is 6.34. The first kappa shape index (κ1) is 18.9. The van der Waals surface area contributed by atoms with Crippen LogP contribution in [0.5, 0.6) is 0 Å². The minimum Gasteiger partial charge on any atom is -0.391 e. The predicted octanol–water partition coefficient (Wildman–Crippen LogP) is 4.56. The van der Waals surface area contributed by atoms with Crippen LogP contribution >= 0.6 is 15.9 Å². The number of benzene rings is 2. The Morgan fingerprint density at radius 3 is 2.55 bits per heavy atom. The molecular weight excluding hydrogens is 426 g/mol. The number of halogens is 1. The molecule has 2 N–H and O–H groups in total. The number of aliphatic hydroxyl groups is 1. The van der Waals surface area contributed by atoms with Crippen LogP contribution in [0.3, 0.4) is 0 Å². The van der Waals surface area contributed by atoms with E-state index in [4.69, 9.17) is 0 Å². The number of rotatable bonds is 4. The van der Waals surface area contributed by atoms with Crippen LogP contribution < -0.4 is 5.32 Å². The van der Waals surface area contributed by atoms with Gasteiger partial charge in [0.15, 0.2) is 0 Å². The molecule has 2 aromatic carbocycles. The van der Waals surface area contributed by atoms with E-state index in [9.17, 15) is 5.11 Å². The maximum atomic E-state index is 10.6. The summed E-state index contributed by atoms with van der Waals surface area (Å²) < 4.78 is 3.41. The van der Waals surface area contributed by atoms with E-state index in [0.29, 0.717) is 6.42 Å². The van der Waals surface area contributed by atoms with Crippen molar-refractivity contribution in [2.75, 3.05) is 25.0 Å². The Labute approximate surface area is 180 Å². The first-order valence-electron chi connectivity index (χ1n) is 10.3. The van der Waals surface area contributed by atoms with Crippen LogP contribution in [-0.4, -0.2) is 40.3 Å². The minimum absolute atomic E-state index is 0.0228. The average molecular weight is 452 g/mol. The van der Waals surface area contributed by atoms with E-state index in [-0.39, 0.29) is 11.6 Å². The standard InChI is InChI=1S/C24H26BrN3O/c25-19-9-7-18(8-10-19)16-20(29)17-27-14-11-24(12-15-27)23-6-3-13-28(23)22-5-2-1-4-21(22)26-24/h1-10,13,20,26,29H,11-12,14-17H2/t20-/m1/s1. The summed E-state index contributed by atoms with van der Waals surface area (Å²) in [6.45, 7) is 2.69. The zero-order valence-electron chi connectivity index (χ0n) is 16.4. The molecule has 1 fully saturated rings. The molecule has 0 unspecified atom stereocenters. The van der Waals surface area contributed by atoms with Crippen molar-refractivity contribution in [3.63, 3.8) is 0 Å². The molecule has 2 aliphatic rings. The van der Waals surface area contributed by atoms with Crippen molar-refractivity contribution in [2.24, 2.45) is 0 Å². The third kappa shape index (κ3) is 3.63. The Balaban J connectivity index is 1.25. The number of likely N-dealkylation sites (tertiary alicyclic amines) is 1. The van der Waals surface area contributed by atoms with Crippen LogP contribution in [0, 0.1) is 0 Å². The van der Waals surface area contributed by atoms with Gasteiger partial charge in [0.2, 0.25) is 0 Å². The molecule has 0 radical (unpaired) electrons. The number of anilines is 1. The molecular formula is C24H26BrN3O. The first-order valence-corrected chi connectivity index (χ1v) is 11.1. The molecule has 1 aromatic heterocycles. The quantitative estimate of drug-likeness (QED) is 0.610. The molecule has 29 heavy (non-hydrogen) atoms. The number of nitrogens with one attached hydrogen (secondary N) is 1. The predicted molar refractivity (Wildman–Crippen MR) is 121 cm³/mol. The minimum atomic E-state index is -0.339. The van der Waals surface area contributed by atoms with E-state index in [1.807, 2.05) is 12.1 Å². The number of hydrogen-bond acceptors (Lipinski definition) is 3. The second-order valence-electron chi connectivity index (χ2n) is 8.27. The van der Waals surface area contributed by atoms with Gasteiger partial charge < -0.3 is 19.9 Å². The molecule has 5 rings (SSSR count). The molecule has 4 nitrogen and oxygen atoms in total. The average Bonchev–Trinajstić information content (AvgIpc) is 3.23. The number of aliphatic hydroxyl groups excluding tert-OH is 1. The van der Waals surface area contributed by atoms with Gasteiger partial charge in [0, 0.05) is 36.0 Å². The van der Waals surface area contributed by atoms with Gasteiger partial charge in [-0.2, -0.15) is 0 Å². The molecule has 1 atom stereocenters. The van der Waals surface area contributed by atoms with Gasteiger partial charge in [-0.25, -0.2) is 0 Å². The summed E-state index contributed by atoms with van der Waals surface area (Å²) in [4.78, 5) is 2.41. The Kier molecular flexibility index (Phi) is 4.98. The molecule has 3 aromatic rings. The van der Waals surface area contributed by atoms with Crippen molar-refractivity contribution < 1.29 is 5.11 Å². The number of fused-ring (bicyclic) bond motifs is 4. The molecule has 1 saturated heterocycles. The number of nitrogens with zero attached hydrogens (tertiary/aromatic N) is 2. The number of aromatic nitrogens is 1. The lowest BCUT2D eigenvalue weighted by atomic mass is 9.82. The number of piperidine rings is 1. The second kappa shape index (κ2) is 7.63. The van der Waals surface area contributed by atoms with E-state index in [1.165, 1.54) is 22.6 Å². The van der Waals surface area contributed by atoms with E-state index in [2.05, 4.69) is 85.4 Å². The van der Waals surface area contributed by atoms with E-state index in [0.717, 1.165) is 36.9 Å². The van der Waals surface area contributed by atoms with E-state index >= 15 is 0 Å². The molecule has 3 heterocycles. The zero-order valence-corrected chi connectivity index (χ0v) is 18.0. The lowest BCUT2D eigenvalue weighted by Crippen LogP contribution is -2.51. The molecule has 1 spiro atoms. The van der Waals surface area contributed by atoms with Gasteiger partial charge in [0.05, 0.1) is 23.0 Å². The summed E-state index contributed by atoms with van der Waals surface area (Å²) in [5.74, 6) is 0. The molecule has 0 amide bonds. The van der Waals surface area contributed by atoms with Crippen molar-refractivity contribution in [3.8, 4) is 5.69 Å². The van der Waals surface area contributed by atoms with Crippen LogP contribution in [0.4, 0.5) is 5.69 Å². The van der Waals surface area contributed by atoms with Gasteiger partial charge in [0.1, 0.15) is 0 Å². The van der Waals surface area contributed by atoms with Crippen LogP contribution in [0.2, 0.25) is 0 Å². The summed E-state index contributed by atoms with van der Waals surface area (Å²) in [6.07, 6.45) is 4.61. The molecule has 5 heteroatoms. The highest BCUT2D eigenvalue weighted by Crippen LogP contribution is 2.43. The van der Waals surface area contributed by atoms with Gasteiger partial charge in [-0.15, -0.1) is 0 Å². The van der Waals surface area contributed by atoms with Gasteiger partial charge in [-0.1, -0.05) is 40.2 Å². The van der Waals surface area contributed by atoms with E-state index < -0.39 is 0 Å². The summed E-state index contributed by atoms with van der Waals surface area (Å²) >= 11 is 3.47. The van der Waals surface area contributed by atoms with Gasteiger partial charge in [-0.05, 0) is 61.2 Å². The van der Waals surface area contributed by atoms with E-state index in [1.54, 1.807) is 0 Å². The Morgan fingerprint density at radius 2 is 1.76 bits per heavy atom. The molecule has 0 bridgehead atoms. The summed E-state index contributed by atoms with van der Waals surface area (Å²) in [5.41, 5.74) is 4.94. The molecule has 150 valence electrons. The van der Waals surface area contributed by atoms with Crippen LogP contribution in [-0.2, 0) is 12.0 Å². The lowest BCUT2D eigenvalue weighted by molar-refractivity contribution is 0.0846. The van der Waals surface area contributed by atoms with Crippen LogP contribution in [0.25, 0.3) is 5.69 Å². The highest BCUT2D eigenvalue weighted by atomic mass is 79.9. The van der Waals surface area contributed by atoms with Crippen molar-refractivity contribution in [1.82, 2.24) is 9.47 Å². The highest BCUT2D eigenvalue weighted by molar-refractivity contribution is 9.10. The normalized spacial score (nSPS) is 18.7. The summed E-state index contributed by atoms with van der Waals surface area (Å²) in [6, 6.07) is 21.2. The smallest absolute Gasteiger partial charge is 0.0804 e. The topological polar surface area (TPSA) is 40.4 Å². The summed E-state index contributed by atoms with van der Waals surface area (Å²) in [7, 11) is 0. The fraction of sp³-hybridized carbons (Fsp3) is 0.333. The second-order valence-corrected chi connectivity index (χ2v) is 9.19. The molecule has 0 aliphatic carbocycles. The van der Waals surface area contributed by atoms with Gasteiger partial charge >= 0.3 is 0 Å². The Morgan fingerprint density at radius 1 is 1.00 bits per heavy atom. The molecule has 2 aliphatic heterocycles. The third-order valence-corrected chi connectivity index (χ3v) is 6.87. The van der Waals surface area contributed by atoms with Gasteiger partial charge in [-0.3, -0.25) is 0 Å². The lowest BCUT2D eigenvalue weighted by Gasteiger charge is -2.46. The first-order chi connectivity index (χ1) is 14.1. The Bertz CT molecular complexity index is 989. The largest absolute Gasteiger partial charge is 0.391 e. The van der Waals surface area contributed by atoms with Crippen molar-refractivity contribution in [1.29, 1.82) is 0 Å². The Hall–Kier alpha value is -2.08. The fourth-order valence-electron chi connectivity index (χ4n) is 4.85. The number of β-amino-alcohol motifs (C(OH)–C–C–N with tert-alkyl or cyclic N) is 1. The fourth-order valence-corrected chi connectivity index (χ4v) is 5.11. The SMILES string of the molecule is O[C@H](Cc1ccc(Br)cc1)CN1CCC2(CC1)Nc1ccccc1-n1cccc12. The maximum Gasteiger partial charge on any atom is 0.0804 e. The maximum absolute atomic E-state index is 10.6. The summed E-state index contributed by atoms with van der Waals surface area (Å²) in [5, 5.41) is 14.5. The number of para-hydroxylation sites is 2. The number of hydrogen-bond donors (Lipinski definition) is 2. The monoisotopic (exact) mass is 451 g/mol. The van der Waals surface area contributed by atoms with Gasteiger partial charge in [0.25, 0.3) is 0 Å².